The molecule has 0 spiro atoms. The maximum Gasteiger partial charge on any atom is 0.247 e. The predicted octanol–water partition coefficient (Wildman–Crippen LogP) is 12.5. The molecular formula is C55H39BN2. The van der Waals surface area contributed by atoms with Crippen molar-refractivity contribution < 1.29 is 0 Å². The molecule has 2 aromatic heterocycles. The van der Waals surface area contributed by atoms with Crippen LogP contribution in [-0.4, -0.2) is 11.1 Å². The molecule has 0 amide bonds. The number of rotatable bonds is 4. The first kappa shape index (κ1) is 33.1. The van der Waals surface area contributed by atoms with Crippen molar-refractivity contribution in [3.8, 4) is 22.3 Å². The summed E-state index contributed by atoms with van der Waals surface area (Å²) in [6, 6.07) is 68.2. The van der Waals surface area contributed by atoms with E-state index in [1.807, 2.05) is 0 Å². The Morgan fingerprint density at radius 1 is 0.397 bits per heavy atom. The van der Waals surface area contributed by atoms with Gasteiger partial charge in [-0.05, 0) is 101 Å². The second-order valence-corrected chi connectivity index (χ2v) is 16.3. The van der Waals surface area contributed by atoms with Crippen LogP contribution in [0.2, 0.25) is 0 Å². The van der Waals surface area contributed by atoms with Gasteiger partial charge in [0.1, 0.15) is 0 Å². The molecule has 1 aliphatic rings. The van der Waals surface area contributed by atoms with Crippen LogP contribution in [0.5, 0.6) is 0 Å². The molecule has 11 aromatic rings. The van der Waals surface area contributed by atoms with Gasteiger partial charge in [0.05, 0.1) is 16.6 Å². The van der Waals surface area contributed by atoms with E-state index in [4.69, 9.17) is 0 Å². The molecule has 272 valence electrons. The largest absolute Gasteiger partial charge is 0.311 e. The molecule has 0 unspecified atom stereocenters. The van der Waals surface area contributed by atoms with Crippen LogP contribution in [0.4, 0.5) is 17.1 Å². The van der Waals surface area contributed by atoms with Crippen molar-refractivity contribution in [3.05, 3.63) is 199 Å². The fourth-order valence-corrected chi connectivity index (χ4v) is 10.4. The summed E-state index contributed by atoms with van der Waals surface area (Å²) in [7, 11) is 0. The highest BCUT2D eigenvalue weighted by molar-refractivity contribution is 6.98. The van der Waals surface area contributed by atoms with E-state index in [1.54, 1.807) is 0 Å². The smallest absolute Gasteiger partial charge is 0.247 e. The summed E-state index contributed by atoms with van der Waals surface area (Å²) in [5.41, 5.74) is 20.2. The maximum atomic E-state index is 2.58. The number of nitrogens with zero attached hydrogens (tertiary/aromatic N) is 2. The minimum Gasteiger partial charge on any atom is -0.311 e. The summed E-state index contributed by atoms with van der Waals surface area (Å²) >= 11 is 0. The van der Waals surface area contributed by atoms with E-state index in [-0.39, 0.29) is 6.71 Å². The highest BCUT2D eigenvalue weighted by Crippen LogP contribution is 2.45. The van der Waals surface area contributed by atoms with Gasteiger partial charge in [-0.15, -0.1) is 0 Å². The molecule has 0 atom stereocenters. The molecule has 3 heteroatoms. The average molecular weight is 739 g/mol. The highest BCUT2D eigenvalue weighted by atomic mass is 15.2. The lowest BCUT2D eigenvalue weighted by atomic mass is 9.33. The lowest BCUT2D eigenvalue weighted by Gasteiger charge is -2.38. The minimum atomic E-state index is 0.0264. The Balaban J connectivity index is 1.25. The van der Waals surface area contributed by atoms with E-state index >= 15 is 0 Å². The molecule has 2 nitrogen and oxygen atoms in total. The van der Waals surface area contributed by atoms with Gasteiger partial charge in [-0.3, -0.25) is 0 Å². The van der Waals surface area contributed by atoms with E-state index in [2.05, 4.69) is 212 Å². The number of hydrogen-bond donors (Lipinski definition) is 0. The molecule has 0 fully saturated rings. The van der Waals surface area contributed by atoms with Crippen LogP contribution in [0.1, 0.15) is 16.7 Å². The second-order valence-electron chi connectivity index (χ2n) is 16.3. The molecule has 1 aliphatic heterocycles. The number of aromatic nitrogens is 1. The SMILES string of the molecule is Cc1cc(C)c(B2c3cc4ccccc4cc3N(c3cc(-c4ccccc4)cc(-c4ccccc4)c3)c3cc4c(cc32)c2cccc3c5ccccc5n4c32)c(C)c1. The van der Waals surface area contributed by atoms with E-state index in [1.165, 1.54) is 116 Å². The number of para-hydroxylation sites is 2. The van der Waals surface area contributed by atoms with E-state index < -0.39 is 0 Å². The fraction of sp³-hybridized carbons (Fsp3) is 0.0545. The van der Waals surface area contributed by atoms with Gasteiger partial charge in [0.25, 0.3) is 0 Å². The van der Waals surface area contributed by atoms with Crippen LogP contribution in [0.15, 0.2) is 182 Å². The molecule has 12 rings (SSSR count). The molecule has 0 saturated carbocycles. The van der Waals surface area contributed by atoms with Crippen molar-refractivity contribution in [1.29, 1.82) is 0 Å². The molecule has 0 bridgehead atoms. The van der Waals surface area contributed by atoms with Gasteiger partial charge in [-0.1, -0.05) is 168 Å². The zero-order chi connectivity index (χ0) is 38.6. The quantitative estimate of drug-likeness (QED) is 0.163. The second kappa shape index (κ2) is 12.5. The van der Waals surface area contributed by atoms with E-state index in [0.717, 1.165) is 5.69 Å². The Kier molecular flexibility index (Phi) is 7.10. The molecule has 0 N–H and O–H groups in total. The number of fused-ring (bicyclic) bond motifs is 9. The molecule has 58 heavy (non-hydrogen) atoms. The minimum absolute atomic E-state index is 0.0264. The number of aryl methyl sites for hydroxylation is 3. The standard InChI is InChI=1S/C55H39BN2/c1-34-25-35(2)54(36(3)26-34)56-48-30-39-19-10-11-20-40(39)31-52(48)57(43-28-41(37-15-6-4-7-16-37)27-42(29-43)38-17-8-5-9-18-38)53-33-51-47(32-49(53)56)46-23-14-22-45-44-21-12-13-24-50(44)58(51)55(45)46/h4-33H,1-3H3. The predicted molar refractivity (Wildman–Crippen MR) is 249 cm³/mol. The molecular weight excluding hydrogens is 699 g/mol. The Hall–Kier alpha value is -7.10. The first-order valence-corrected chi connectivity index (χ1v) is 20.4. The summed E-state index contributed by atoms with van der Waals surface area (Å²) in [6.07, 6.45) is 0. The number of anilines is 3. The van der Waals surface area contributed by atoms with Crippen molar-refractivity contribution in [3.63, 3.8) is 0 Å². The summed E-state index contributed by atoms with van der Waals surface area (Å²) in [5.74, 6) is 0. The Morgan fingerprint density at radius 2 is 0.948 bits per heavy atom. The van der Waals surface area contributed by atoms with E-state index in [0.29, 0.717) is 0 Å². The third kappa shape index (κ3) is 4.80. The molecule has 3 heterocycles. The molecule has 0 radical (unpaired) electrons. The van der Waals surface area contributed by atoms with Crippen LogP contribution >= 0.6 is 0 Å². The van der Waals surface area contributed by atoms with Crippen molar-refractivity contribution in [1.82, 2.24) is 4.40 Å². The number of benzene rings is 9. The van der Waals surface area contributed by atoms with Gasteiger partial charge in [-0.2, -0.15) is 0 Å². The van der Waals surface area contributed by atoms with Gasteiger partial charge in [0.15, 0.2) is 0 Å². The molecule has 0 aliphatic carbocycles. The normalized spacial score (nSPS) is 12.7. The lowest BCUT2D eigenvalue weighted by molar-refractivity contribution is 1.29. The first-order valence-electron chi connectivity index (χ1n) is 20.4. The van der Waals surface area contributed by atoms with Crippen LogP contribution in [-0.2, 0) is 0 Å². The van der Waals surface area contributed by atoms with Gasteiger partial charge in [0.2, 0.25) is 6.71 Å². The third-order valence-corrected chi connectivity index (χ3v) is 12.8. The Labute approximate surface area is 338 Å². The Morgan fingerprint density at radius 3 is 1.64 bits per heavy atom. The van der Waals surface area contributed by atoms with Crippen molar-refractivity contribution in [2.45, 2.75) is 20.8 Å². The highest BCUT2D eigenvalue weighted by Gasteiger charge is 2.38. The fourth-order valence-electron chi connectivity index (χ4n) is 10.4. The molecule has 0 saturated heterocycles. The van der Waals surface area contributed by atoms with Gasteiger partial charge in [0, 0.05) is 38.6 Å². The molecule has 9 aromatic carbocycles. The summed E-state index contributed by atoms with van der Waals surface area (Å²) < 4.78 is 2.52. The van der Waals surface area contributed by atoms with E-state index in [9.17, 15) is 0 Å². The van der Waals surface area contributed by atoms with Crippen molar-refractivity contribution >= 4 is 89.0 Å². The summed E-state index contributed by atoms with van der Waals surface area (Å²) in [4.78, 5) is 2.58. The van der Waals surface area contributed by atoms with Crippen LogP contribution in [0.3, 0.4) is 0 Å². The zero-order valence-corrected chi connectivity index (χ0v) is 32.8. The topological polar surface area (TPSA) is 7.65 Å². The van der Waals surface area contributed by atoms with Crippen molar-refractivity contribution in [2.24, 2.45) is 0 Å². The number of hydrogen-bond acceptors (Lipinski definition) is 1. The first-order chi connectivity index (χ1) is 28.5. The average Bonchev–Trinajstić information content (AvgIpc) is 3.77. The van der Waals surface area contributed by atoms with Gasteiger partial charge < -0.3 is 9.30 Å². The third-order valence-electron chi connectivity index (χ3n) is 12.8. The van der Waals surface area contributed by atoms with Crippen LogP contribution < -0.4 is 21.3 Å². The van der Waals surface area contributed by atoms with Gasteiger partial charge >= 0.3 is 0 Å². The summed E-state index contributed by atoms with van der Waals surface area (Å²) in [5, 5.41) is 7.69. The van der Waals surface area contributed by atoms with Crippen LogP contribution in [0, 0.1) is 20.8 Å². The monoisotopic (exact) mass is 738 g/mol. The van der Waals surface area contributed by atoms with Crippen molar-refractivity contribution in [2.75, 3.05) is 4.90 Å². The zero-order valence-electron chi connectivity index (χ0n) is 32.8. The summed E-state index contributed by atoms with van der Waals surface area (Å²) in [6.45, 7) is 6.86. The van der Waals surface area contributed by atoms with Crippen LogP contribution in [0.25, 0.3) is 71.1 Å². The lowest BCUT2D eigenvalue weighted by Crippen LogP contribution is -2.58. The Bertz CT molecular complexity index is 3350. The maximum absolute atomic E-state index is 2.58. The van der Waals surface area contributed by atoms with Gasteiger partial charge in [-0.25, -0.2) is 0 Å².